The van der Waals surface area contributed by atoms with Crippen molar-refractivity contribution in [2.75, 3.05) is 6.61 Å². The van der Waals surface area contributed by atoms with Gasteiger partial charge in [-0.05, 0) is 24.3 Å². The molecule has 2 aromatic rings. The van der Waals surface area contributed by atoms with Crippen LogP contribution >= 0.6 is 0 Å². The summed E-state index contributed by atoms with van der Waals surface area (Å²) in [5.41, 5.74) is -0.338. The normalized spacial score (nSPS) is 10.2. The highest BCUT2D eigenvalue weighted by molar-refractivity contribution is 5.91. The van der Waals surface area contributed by atoms with Gasteiger partial charge in [-0.3, -0.25) is 4.79 Å². The molecule has 2 rings (SSSR count). The minimum atomic E-state index is -1.16. The molecule has 7 heteroatoms. The van der Waals surface area contributed by atoms with E-state index < -0.39 is 41.5 Å². The maximum atomic E-state index is 13.3. The fourth-order valence-corrected chi connectivity index (χ4v) is 1.75. The predicted octanol–water partition coefficient (Wildman–Crippen LogP) is 2.58. The second-order valence-corrected chi connectivity index (χ2v) is 4.57. The smallest absolute Gasteiger partial charge is 0.341 e. The van der Waals surface area contributed by atoms with E-state index in [0.717, 1.165) is 12.1 Å². The molecule has 0 saturated carbocycles. The number of hydrogen-bond donors (Lipinski definition) is 1. The van der Waals surface area contributed by atoms with Crippen LogP contribution in [0.4, 0.5) is 13.2 Å². The minimum absolute atomic E-state index is 0.0859. The summed E-state index contributed by atoms with van der Waals surface area (Å²) in [6.07, 6.45) is 0. The molecule has 120 valence electrons. The molecule has 0 aliphatic heterocycles. The number of nitrogens with one attached hydrogen (secondary N) is 1. The number of ether oxygens (including phenoxy) is 1. The zero-order chi connectivity index (χ0) is 16.8. The highest BCUT2D eigenvalue weighted by Gasteiger charge is 2.16. The van der Waals surface area contributed by atoms with E-state index in [-0.39, 0.29) is 12.1 Å². The third-order valence-electron chi connectivity index (χ3n) is 2.92. The maximum Gasteiger partial charge on any atom is 0.341 e. The van der Waals surface area contributed by atoms with Crippen molar-refractivity contribution in [3.05, 3.63) is 71.0 Å². The van der Waals surface area contributed by atoms with Crippen molar-refractivity contribution in [1.29, 1.82) is 0 Å². The lowest BCUT2D eigenvalue weighted by Gasteiger charge is -2.08. The van der Waals surface area contributed by atoms with Gasteiger partial charge in [0.05, 0.1) is 5.56 Å². The van der Waals surface area contributed by atoms with Gasteiger partial charge in [0.25, 0.3) is 5.91 Å². The minimum Gasteiger partial charge on any atom is -0.452 e. The lowest BCUT2D eigenvalue weighted by molar-refractivity contribution is -0.124. The molecule has 4 nitrogen and oxygen atoms in total. The second kappa shape index (κ2) is 7.44. The molecule has 0 aliphatic rings. The number of esters is 1. The van der Waals surface area contributed by atoms with Gasteiger partial charge in [-0.25, -0.2) is 18.0 Å². The SMILES string of the molecule is O=C(COC(=O)c1cc(F)ccc1F)NCc1ccccc1F. The van der Waals surface area contributed by atoms with Crippen molar-refractivity contribution in [1.82, 2.24) is 5.32 Å². The molecule has 0 spiro atoms. The van der Waals surface area contributed by atoms with E-state index in [0.29, 0.717) is 6.07 Å². The van der Waals surface area contributed by atoms with Crippen LogP contribution in [-0.2, 0) is 16.1 Å². The molecule has 0 bridgehead atoms. The summed E-state index contributed by atoms with van der Waals surface area (Å²) in [6.45, 7) is -0.777. The molecule has 0 fully saturated rings. The first kappa shape index (κ1) is 16.5. The predicted molar refractivity (Wildman–Crippen MR) is 74.9 cm³/mol. The van der Waals surface area contributed by atoms with Crippen LogP contribution in [0.5, 0.6) is 0 Å². The monoisotopic (exact) mass is 323 g/mol. The fourth-order valence-electron chi connectivity index (χ4n) is 1.75. The van der Waals surface area contributed by atoms with Crippen LogP contribution in [0.2, 0.25) is 0 Å². The summed E-state index contributed by atoms with van der Waals surface area (Å²) in [7, 11) is 0. The molecule has 0 atom stereocenters. The van der Waals surface area contributed by atoms with Crippen LogP contribution in [0.1, 0.15) is 15.9 Å². The highest BCUT2D eigenvalue weighted by atomic mass is 19.1. The van der Waals surface area contributed by atoms with Crippen LogP contribution in [-0.4, -0.2) is 18.5 Å². The quantitative estimate of drug-likeness (QED) is 0.861. The van der Waals surface area contributed by atoms with Crippen molar-refractivity contribution < 1.29 is 27.5 Å². The molecule has 1 N–H and O–H groups in total. The maximum absolute atomic E-state index is 13.3. The van der Waals surface area contributed by atoms with Crippen LogP contribution in [0.25, 0.3) is 0 Å². The molecule has 0 aliphatic carbocycles. The Labute approximate surface area is 129 Å². The largest absolute Gasteiger partial charge is 0.452 e. The molecule has 1 amide bonds. The summed E-state index contributed by atoms with van der Waals surface area (Å²) in [4.78, 5) is 23.1. The average Bonchev–Trinajstić information content (AvgIpc) is 2.54. The summed E-state index contributed by atoms with van der Waals surface area (Å²) in [5.74, 6) is -4.10. The zero-order valence-corrected chi connectivity index (χ0v) is 11.8. The molecule has 0 saturated heterocycles. The standard InChI is InChI=1S/C16H12F3NO3/c17-11-5-6-14(19)12(7-11)16(22)23-9-15(21)20-8-10-3-1-2-4-13(10)18/h1-7H,8-9H2,(H,20,21). The molecule has 2 aromatic carbocycles. The third kappa shape index (κ3) is 4.57. The second-order valence-electron chi connectivity index (χ2n) is 4.57. The number of carbonyl (C=O) groups is 2. The average molecular weight is 323 g/mol. The number of amides is 1. The van der Waals surface area contributed by atoms with Gasteiger partial charge in [0.2, 0.25) is 0 Å². The van der Waals surface area contributed by atoms with Crippen LogP contribution in [0, 0.1) is 17.5 Å². The van der Waals surface area contributed by atoms with Crippen molar-refractivity contribution in [2.24, 2.45) is 0 Å². The van der Waals surface area contributed by atoms with E-state index in [9.17, 15) is 22.8 Å². The molecular formula is C16H12F3NO3. The Kier molecular flexibility index (Phi) is 5.35. The van der Waals surface area contributed by atoms with Crippen LogP contribution in [0.3, 0.4) is 0 Å². The first-order valence-electron chi connectivity index (χ1n) is 6.59. The summed E-state index contributed by atoms with van der Waals surface area (Å²) < 4.78 is 44.2. The van der Waals surface area contributed by atoms with Gasteiger partial charge < -0.3 is 10.1 Å². The van der Waals surface area contributed by atoms with Gasteiger partial charge in [-0.1, -0.05) is 18.2 Å². The van der Waals surface area contributed by atoms with Crippen molar-refractivity contribution in [2.45, 2.75) is 6.54 Å². The van der Waals surface area contributed by atoms with E-state index in [1.807, 2.05) is 0 Å². The van der Waals surface area contributed by atoms with Gasteiger partial charge in [-0.15, -0.1) is 0 Å². The lowest BCUT2D eigenvalue weighted by atomic mass is 10.2. The van der Waals surface area contributed by atoms with Gasteiger partial charge in [-0.2, -0.15) is 0 Å². The Morgan fingerprint density at radius 1 is 1.00 bits per heavy atom. The molecular weight excluding hydrogens is 311 g/mol. The van der Waals surface area contributed by atoms with Crippen LogP contribution in [0.15, 0.2) is 42.5 Å². The molecule has 0 radical (unpaired) electrons. The van der Waals surface area contributed by atoms with Crippen molar-refractivity contribution >= 4 is 11.9 Å². The van der Waals surface area contributed by atoms with Gasteiger partial charge in [0.1, 0.15) is 17.5 Å². The fraction of sp³-hybridized carbons (Fsp3) is 0.125. The Morgan fingerprint density at radius 2 is 1.74 bits per heavy atom. The lowest BCUT2D eigenvalue weighted by Crippen LogP contribution is -2.28. The molecule has 0 aromatic heterocycles. The van der Waals surface area contributed by atoms with Crippen molar-refractivity contribution in [3.63, 3.8) is 0 Å². The molecule has 0 heterocycles. The van der Waals surface area contributed by atoms with E-state index in [4.69, 9.17) is 0 Å². The third-order valence-corrected chi connectivity index (χ3v) is 2.92. The summed E-state index contributed by atoms with van der Waals surface area (Å²) >= 11 is 0. The van der Waals surface area contributed by atoms with Gasteiger partial charge in [0, 0.05) is 12.1 Å². The van der Waals surface area contributed by atoms with Crippen LogP contribution < -0.4 is 5.32 Å². The Hall–Kier alpha value is -2.83. The summed E-state index contributed by atoms with van der Waals surface area (Å²) in [5, 5.41) is 2.35. The topological polar surface area (TPSA) is 55.4 Å². The van der Waals surface area contributed by atoms with Gasteiger partial charge >= 0.3 is 5.97 Å². The number of rotatable bonds is 5. The van der Waals surface area contributed by atoms with E-state index >= 15 is 0 Å². The number of benzene rings is 2. The van der Waals surface area contributed by atoms with E-state index in [1.165, 1.54) is 18.2 Å². The van der Waals surface area contributed by atoms with E-state index in [2.05, 4.69) is 10.1 Å². The summed E-state index contributed by atoms with van der Waals surface area (Å²) in [6, 6.07) is 8.16. The highest BCUT2D eigenvalue weighted by Crippen LogP contribution is 2.11. The van der Waals surface area contributed by atoms with E-state index in [1.54, 1.807) is 6.07 Å². The number of carbonyl (C=O) groups excluding carboxylic acids is 2. The zero-order valence-electron chi connectivity index (χ0n) is 11.8. The first-order valence-corrected chi connectivity index (χ1v) is 6.59. The Bertz CT molecular complexity index is 734. The van der Waals surface area contributed by atoms with Crippen molar-refractivity contribution in [3.8, 4) is 0 Å². The Morgan fingerprint density at radius 3 is 2.48 bits per heavy atom. The molecule has 0 unspecified atom stereocenters. The van der Waals surface area contributed by atoms with Gasteiger partial charge in [0.15, 0.2) is 6.61 Å². The Balaban J connectivity index is 1.86. The molecule has 23 heavy (non-hydrogen) atoms. The first-order chi connectivity index (χ1) is 11.0. The number of halogens is 3. The number of hydrogen-bond acceptors (Lipinski definition) is 3.